The van der Waals surface area contributed by atoms with Gasteiger partial charge in [0.2, 0.25) is 11.8 Å². The first-order valence-corrected chi connectivity index (χ1v) is 10.4. The number of aromatic nitrogens is 2. The van der Waals surface area contributed by atoms with Crippen LogP contribution in [0.1, 0.15) is 47.7 Å². The predicted octanol–water partition coefficient (Wildman–Crippen LogP) is 1.54. The van der Waals surface area contributed by atoms with Gasteiger partial charge in [0, 0.05) is 25.8 Å². The molecule has 0 bridgehead atoms. The van der Waals surface area contributed by atoms with Crippen molar-refractivity contribution < 1.29 is 14.0 Å². The van der Waals surface area contributed by atoms with Crippen LogP contribution in [0.15, 0.2) is 16.5 Å². The van der Waals surface area contributed by atoms with Crippen molar-refractivity contribution in [1.29, 1.82) is 0 Å². The maximum absolute atomic E-state index is 12.9. The average Bonchev–Trinajstić information content (AvgIpc) is 3.30. The van der Waals surface area contributed by atoms with Crippen LogP contribution < -0.4 is 5.32 Å². The van der Waals surface area contributed by atoms with Gasteiger partial charge in [0.1, 0.15) is 11.5 Å². The lowest BCUT2D eigenvalue weighted by molar-refractivity contribution is -0.138. The van der Waals surface area contributed by atoms with Gasteiger partial charge >= 0.3 is 0 Å². The van der Waals surface area contributed by atoms with Crippen LogP contribution in [-0.4, -0.2) is 58.0 Å². The molecule has 156 valence electrons. The van der Waals surface area contributed by atoms with E-state index < -0.39 is 6.04 Å². The van der Waals surface area contributed by atoms with Crippen LogP contribution in [0.4, 0.5) is 0 Å². The fourth-order valence-electron chi connectivity index (χ4n) is 4.26. The number of carbonyl (C=O) groups excluding carboxylic acids is 2. The first-order chi connectivity index (χ1) is 14.0. The Hall–Kier alpha value is -2.61. The lowest BCUT2D eigenvalue weighted by Crippen LogP contribution is -2.56. The number of hydrogen-bond donors (Lipinski definition) is 2. The second-order valence-electron chi connectivity index (χ2n) is 8.08. The highest BCUT2D eigenvalue weighted by atomic mass is 16.3. The molecule has 8 heteroatoms. The minimum Gasteiger partial charge on any atom is -0.465 e. The summed E-state index contributed by atoms with van der Waals surface area (Å²) in [6.07, 6.45) is 4.55. The summed E-state index contributed by atoms with van der Waals surface area (Å²) in [5.41, 5.74) is 3.42. The Morgan fingerprint density at radius 1 is 1.34 bits per heavy atom. The number of hydrogen-bond acceptors (Lipinski definition) is 5. The quantitative estimate of drug-likeness (QED) is 0.768. The lowest BCUT2D eigenvalue weighted by atomic mass is 9.96. The summed E-state index contributed by atoms with van der Waals surface area (Å²) in [7, 11) is 1.78. The minimum atomic E-state index is -0.489. The third-order valence-electron chi connectivity index (χ3n) is 5.92. The third-order valence-corrected chi connectivity index (χ3v) is 5.92. The molecule has 0 spiro atoms. The first kappa shape index (κ1) is 19.7. The fraction of sp³-hybridized carbons (Fsp3) is 0.571. The van der Waals surface area contributed by atoms with Gasteiger partial charge in [-0.15, -0.1) is 0 Å². The van der Waals surface area contributed by atoms with Crippen molar-refractivity contribution in [3.63, 3.8) is 0 Å². The van der Waals surface area contributed by atoms with Crippen LogP contribution in [0.5, 0.6) is 0 Å². The molecule has 1 aliphatic heterocycles. The summed E-state index contributed by atoms with van der Waals surface area (Å²) >= 11 is 0. The Morgan fingerprint density at radius 3 is 2.97 bits per heavy atom. The third kappa shape index (κ3) is 4.37. The van der Waals surface area contributed by atoms with Crippen LogP contribution in [-0.2, 0) is 35.5 Å². The van der Waals surface area contributed by atoms with Gasteiger partial charge in [-0.1, -0.05) is 0 Å². The SMILES string of the molecule is Cc1ccc(CN2CCNC(=O)C2CC(=O)N(C)Cc2n[nH]c3c2CCCC3)o1. The summed E-state index contributed by atoms with van der Waals surface area (Å²) in [4.78, 5) is 29.1. The van der Waals surface area contributed by atoms with Crippen molar-refractivity contribution >= 4 is 11.8 Å². The highest BCUT2D eigenvalue weighted by Crippen LogP contribution is 2.23. The number of nitrogens with one attached hydrogen (secondary N) is 2. The van der Waals surface area contributed by atoms with Crippen molar-refractivity contribution in [2.45, 2.75) is 58.2 Å². The molecule has 3 heterocycles. The molecule has 1 fully saturated rings. The molecule has 0 radical (unpaired) electrons. The van der Waals surface area contributed by atoms with Crippen molar-refractivity contribution in [3.05, 3.63) is 40.6 Å². The van der Waals surface area contributed by atoms with Gasteiger partial charge in [-0.25, -0.2) is 0 Å². The van der Waals surface area contributed by atoms with Gasteiger partial charge in [0.15, 0.2) is 0 Å². The lowest BCUT2D eigenvalue weighted by Gasteiger charge is -2.34. The van der Waals surface area contributed by atoms with Gasteiger partial charge in [-0.3, -0.25) is 19.6 Å². The van der Waals surface area contributed by atoms with Gasteiger partial charge < -0.3 is 14.6 Å². The Balaban J connectivity index is 1.40. The first-order valence-electron chi connectivity index (χ1n) is 10.4. The number of furan rings is 1. The van der Waals surface area contributed by atoms with Crippen molar-refractivity contribution in [3.8, 4) is 0 Å². The molecule has 29 heavy (non-hydrogen) atoms. The smallest absolute Gasteiger partial charge is 0.237 e. The van der Waals surface area contributed by atoms with Gasteiger partial charge in [0.05, 0.1) is 31.2 Å². The predicted molar refractivity (Wildman–Crippen MR) is 107 cm³/mol. The number of H-pyrrole nitrogens is 1. The van der Waals surface area contributed by atoms with E-state index in [1.807, 2.05) is 24.0 Å². The van der Waals surface area contributed by atoms with E-state index in [9.17, 15) is 9.59 Å². The molecule has 2 amide bonds. The maximum atomic E-state index is 12.9. The highest BCUT2D eigenvalue weighted by molar-refractivity contribution is 5.88. The van der Waals surface area contributed by atoms with Crippen molar-refractivity contribution in [2.24, 2.45) is 0 Å². The molecule has 4 rings (SSSR count). The number of amides is 2. The molecule has 2 N–H and O–H groups in total. The average molecular weight is 399 g/mol. The summed E-state index contributed by atoms with van der Waals surface area (Å²) in [5.74, 6) is 1.50. The Bertz CT molecular complexity index is 887. The van der Waals surface area contributed by atoms with Crippen LogP contribution in [0.2, 0.25) is 0 Å². The molecule has 1 atom stereocenters. The number of fused-ring (bicyclic) bond motifs is 1. The summed E-state index contributed by atoms with van der Waals surface area (Å²) in [6, 6.07) is 3.35. The zero-order chi connectivity index (χ0) is 20.4. The van der Waals surface area contributed by atoms with E-state index in [4.69, 9.17) is 4.42 Å². The standard InChI is InChI=1S/C21H29N5O3/c1-14-7-8-15(29-14)12-26-10-9-22-21(28)19(26)11-20(27)25(2)13-18-16-5-3-4-6-17(16)23-24-18/h7-8,19H,3-6,9-13H2,1-2H3,(H,22,28)(H,23,24). The Labute approximate surface area is 170 Å². The zero-order valence-corrected chi connectivity index (χ0v) is 17.2. The molecule has 0 saturated carbocycles. The van der Waals surface area contributed by atoms with E-state index in [1.54, 1.807) is 11.9 Å². The van der Waals surface area contributed by atoms with E-state index in [2.05, 4.69) is 15.5 Å². The number of rotatable bonds is 6. The van der Waals surface area contributed by atoms with E-state index in [0.29, 0.717) is 26.2 Å². The molecule has 2 aromatic rings. The molecular weight excluding hydrogens is 370 g/mol. The topological polar surface area (TPSA) is 94.5 Å². The normalized spacial score (nSPS) is 19.7. The number of aromatic amines is 1. The van der Waals surface area contributed by atoms with Crippen molar-refractivity contribution in [2.75, 3.05) is 20.1 Å². The van der Waals surface area contributed by atoms with E-state index in [-0.39, 0.29) is 18.2 Å². The molecule has 1 saturated heterocycles. The largest absolute Gasteiger partial charge is 0.465 e. The molecular formula is C21H29N5O3. The maximum Gasteiger partial charge on any atom is 0.237 e. The molecule has 8 nitrogen and oxygen atoms in total. The van der Waals surface area contributed by atoms with E-state index in [0.717, 1.165) is 30.1 Å². The summed E-state index contributed by atoms with van der Waals surface area (Å²) < 4.78 is 5.66. The van der Waals surface area contributed by atoms with Crippen LogP contribution in [0, 0.1) is 6.92 Å². The second-order valence-corrected chi connectivity index (χ2v) is 8.08. The molecule has 1 unspecified atom stereocenters. The zero-order valence-electron chi connectivity index (χ0n) is 17.2. The highest BCUT2D eigenvalue weighted by Gasteiger charge is 2.33. The van der Waals surface area contributed by atoms with Gasteiger partial charge in [-0.05, 0) is 50.3 Å². The van der Waals surface area contributed by atoms with E-state index >= 15 is 0 Å². The summed E-state index contributed by atoms with van der Waals surface area (Å²) in [6.45, 7) is 4.17. The summed E-state index contributed by atoms with van der Waals surface area (Å²) in [5, 5.41) is 10.4. The van der Waals surface area contributed by atoms with Gasteiger partial charge in [-0.2, -0.15) is 5.10 Å². The monoisotopic (exact) mass is 399 g/mol. The Kier molecular flexibility index (Phi) is 5.71. The minimum absolute atomic E-state index is 0.0553. The Morgan fingerprint density at radius 2 is 2.17 bits per heavy atom. The van der Waals surface area contributed by atoms with Crippen LogP contribution >= 0.6 is 0 Å². The number of aryl methyl sites for hydroxylation is 2. The molecule has 2 aliphatic rings. The van der Waals surface area contributed by atoms with E-state index in [1.165, 1.54) is 24.1 Å². The van der Waals surface area contributed by atoms with Crippen LogP contribution in [0.3, 0.4) is 0 Å². The second kappa shape index (κ2) is 8.41. The molecule has 2 aromatic heterocycles. The molecule has 1 aliphatic carbocycles. The number of nitrogens with zero attached hydrogens (tertiary/aromatic N) is 3. The van der Waals surface area contributed by atoms with Crippen LogP contribution in [0.25, 0.3) is 0 Å². The number of piperazine rings is 1. The van der Waals surface area contributed by atoms with Crippen molar-refractivity contribution in [1.82, 2.24) is 25.3 Å². The molecule has 0 aromatic carbocycles. The number of carbonyl (C=O) groups is 2. The fourth-order valence-corrected chi connectivity index (χ4v) is 4.26. The van der Waals surface area contributed by atoms with Gasteiger partial charge in [0.25, 0.3) is 0 Å².